The number of carbonyl (C=O) groups excluding carboxylic acids is 5. The third kappa shape index (κ3) is 8.52. The zero-order chi connectivity index (χ0) is 50.2. The van der Waals surface area contributed by atoms with Gasteiger partial charge in [-0.3, -0.25) is 44.1 Å². The molecule has 19 heteroatoms. The maximum atomic E-state index is 14.0. The maximum Gasteiger partial charge on any atom is 0.262 e. The highest BCUT2D eigenvalue weighted by Gasteiger charge is 2.45. The fourth-order valence-corrected chi connectivity index (χ4v) is 12.5. The van der Waals surface area contributed by atoms with Crippen molar-refractivity contribution in [3.05, 3.63) is 93.8 Å². The molecular weight excluding hydrogens is 913 g/mol. The molecule has 0 aliphatic carbocycles. The number of nitrogens with one attached hydrogen (secondary N) is 2. The molecule has 7 aliphatic rings. The molecule has 11 rings (SSSR count). The number of hydrogen-bond acceptors (Lipinski definition) is 15. The number of rotatable bonds is 10. The molecule has 0 spiro atoms. The number of allylic oxidation sites excluding steroid dienone is 1. The normalized spacial score (nSPS) is 24.1. The molecule has 9 heterocycles. The number of tetrazole rings is 1. The molecule has 5 amide bonds. The smallest absolute Gasteiger partial charge is 0.262 e. The zero-order valence-corrected chi connectivity index (χ0v) is 42.1. The molecule has 2 aromatic heterocycles. The molecule has 7 aliphatic heterocycles. The van der Waals surface area contributed by atoms with Crippen LogP contribution in [0.15, 0.2) is 71.0 Å². The summed E-state index contributed by atoms with van der Waals surface area (Å²) in [4.78, 5) is 87.7. The largest absolute Gasteiger partial charge is 0.371 e. The van der Waals surface area contributed by atoms with Crippen molar-refractivity contribution in [3.8, 4) is 0 Å². The second-order valence-electron chi connectivity index (χ2n) is 21.5. The van der Waals surface area contributed by atoms with E-state index in [0.29, 0.717) is 58.8 Å². The number of aromatic nitrogens is 5. The third-order valence-corrected chi connectivity index (χ3v) is 16.6. The van der Waals surface area contributed by atoms with Crippen LogP contribution in [0.25, 0.3) is 0 Å². The number of piperazine rings is 1. The van der Waals surface area contributed by atoms with Crippen LogP contribution in [0.4, 0.5) is 23.1 Å². The first-order valence-corrected chi connectivity index (χ1v) is 25.7. The predicted molar refractivity (Wildman–Crippen MR) is 272 cm³/mol. The minimum absolute atomic E-state index is 0.0998. The van der Waals surface area contributed by atoms with E-state index in [-0.39, 0.29) is 24.7 Å². The lowest BCUT2D eigenvalue weighted by molar-refractivity contribution is -0.136. The first-order chi connectivity index (χ1) is 34.6. The Bertz CT molecular complexity index is 2920. The van der Waals surface area contributed by atoms with Crippen molar-refractivity contribution in [3.63, 3.8) is 0 Å². The van der Waals surface area contributed by atoms with Gasteiger partial charge in [0.05, 0.1) is 34.5 Å². The molecule has 19 nitrogen and oxygen atoms in total. The van der Waals surface area contributed by atoms with Crippen molar-refractivity contribution in [1.29, 1.82) is 0 Å². The summed E-state index contributed by atoms with van der Waals surface area (Å²) in [5.74, 6) is 0.690. The van der Waals surface area contributed by atoms with Crippen molar-refractivity contribution in [2.75, 3.05) is 79.4 Å². The predicted octanol–water partition coefficient (Wildman–Crippen LogP) is 4.45. The van der Waals surface area contributed by atoms with Crippen molar-refractivity contribution >= 4 is 58.4 Å². The highest BCUT2D eigenvalue weighted by molar-refractivity contribution is 6.24. The summed E-state index contributed by atoms with van der Waals surface area (Å²) in [5.41, 5.74) is 6.95. The number of nitrogens with zero attached hydrogens (tertiary/aromatic N) is 12. The number of likely N-dealkylation sites (tertiary alicyclic amines) is 1. The molecule has 3 atom stereocenters. The van der Waals surface area contributed by atoms with Gasteiger partial charge in [-0.1, -0.05) is 11.2 Å². The molecule has 0 radical (unpaired) electrons. The zero-order valence-electron chi connectivity index (χ0n) is 42.1. The van der Waals surface area contributed by atoms with Crippen LogP contribution in [0.3, 0.4) is 0 Å². The van der Waals surface area contributed by atoms with E-state index < -0.39 is 29.3 Å². The van der Waals surface area contributed by atoms with Gasteiger partial charge in [0.1, 0.15) is 11.9 Å². The van der Waals surface area contributed by atoms with E-state index in [1.165, 1.54) is 12.8 Å². The molecule has 4 fully saturated rings. The minimum Gasteiger partial charge on any atom is -0.371 e. The second kappa shape index (κ2) is 18.6. The molecule has 4 saturated heterocycles. The van der Waals surface area contributed by atoms with Crippen LogP contribution in [0.2, 0.25) is 0 Å². The van der Waals surface area contributed by atoms with Crippen LogP contribution in [0.1, 0.15) is 111 Å². The molecule has 1 unspecified atom stereocenters. The van der Waals surface area contributed by atoms with Crippen LogP contribution in [0.5, 0.6) is 0 Å². The number of amides is 5. The van der Waals surface area contributed by atoms with E-state index in [0.717, 1.165) is 110 Å². The average Bonchev–Trinajstić information content (AvgIpc) is 4.10. The van der Waals surface area contributed by atoms with Gasteiger partial charge in [0, 0.05) is 99.2 Å². The lowest BCUT2D eigenvalue weighted by Gasteiger charge is -2.47. The fourth-order valence-electron chi connectivity index (χ4n) is 12.5. The molecule has 376 valence electrons. The van der Waals surface area contributed by atoms with Gasteiger partial charge in [-0.15, -0.1) is 0 Å². The first kappa shape index (κ1) is 47.5. The SMILES string of the molecule is CC1=C(C(=O)Nc2ccc3c(c2)C(c2ccnc(N4C[C@@H](C)N(CC5CCN(CC6CCN(c7ccc8c(c7)C(=O)N(C7CCC(=O)NC7=O)C8=O)CC6)CC5)[C@@H](C)C4)c2)=NC3)C(C)(C)n2nnnc2N1C. The monoisotopic (exact) mass is 977 g/mol. The number of imide groups is 2. The van der Waals surface area contributed by atoms with Gasteiger partial charge < -0.3 is 24.9 Å². The summed E-state index contributed by atoms with van der Waals surface area (Å²) in [6, 6.07) is 15.4. The van der Waals surface area contributed by atoms with E-state index in [4.69, 9.17) is 9.98 Å². The Kier molecular flexibility index (Phi) is 12.3. The molecule has 2 aromatic carbocycles. The maximum absolute atomic E-state index is 14.0. The molecule has 0 bridgehead atoms. The Hall–Kier alpha value is -6.86. The van der Waals surface area contributed by atoms with Crippen molar-refractivity contribution < 1.29 is 24.0 Å². The topological polar surface area (TPSA) is 198 Å². The Balaban J connectivity index is 0.652. The van der Waals surface area contributed by atoms with E-state index in [9.17, 15) is 24.0 Å². The molecule has 0 saturated carbocycles. The third-order valence-electron chi connectivity index (χ3n) is 16.6. The number of fused-ring (bicyclic) bond motifs is 3. The lowest BCUT2D eigenvalue weighted by Crippen LogP contribution is -2.58. The number of aliphatic imine (C=N–C) groups is 1. The van der Waals surface area contributed by atoms with Crippen molar-refractivity contribution in [2.45, 2.75) is 103 Å². The number of benzene rings is 2. The van der Waals surface area contributed by atoms with Crippen LogP contribution in [-0.2, 0) is 26.5 Å². The van der Waals surface area contributed by atoms with E-state index in [1.54, 1.807) is 16.8 Å². The minimum atomic E-state index is -0.964. The highest BCUT2D eigenvalue weighted by atomic mass is 16.2. The van der Waals surface area contributed by atoms with E-state index in [1.807, 2.05) is 63.2 Å². The van der Waals surface area contributed by atoms with Crippen molar-refractivity contribution in [1.82, 2.24) is 45.2 Å². The number of hydrogen-bond donors (Lipinski definition) is 2. The summed E-state index contributed by atoms with van der Waals surface area (Å²) in [7, 11) is 1.87. The molecule has 4 aromatic rings. The molecular formula is C53H64N14O5. The number of carbonyl (C=O) groups is 5. The van der Waals surface area contributed by atoms with E-state index >= 15 is 0 Å². The summed E-state index contributed by atoms with van der Waals surface area (Å²) < 4.78 is 1.69. The van der Waals surface area contributed by atoms with Crippen LogP contribution in [-0.4, -0.2) is 153 Å². The number of pyridine rings is 1. The highest BCUT2D eigenvalue weighted by Crippen LogP contribution is 2.38. The van der Waals surface area contributed by atoms with Gasteiger partial charge in [0.2, 0.25) is 17.8 Å². The molecule has 72 heavy (non-hydrogen) atoms. The quantitative estimate of drug-likeness (QED) is 0.212. The second-order valence-corrected chi connectivity index (χ2v) is 21.5. The van der Waals surface area contributed by atoms with Crippen LogP contribution in [0, 0.1) is 11.8 Å². The summed E-state index contributed by atoms with van der Waals surface area (Å²) >= 11 is 0. The summed E-state index contributed by atoms with van der Waals surface area (Å²) in [6.45, 7) is 19.1. The standard InChI is InChI=1S/C53H64N14O5/c1-31-27-64(44-23-36(13-18-54-44)47-41-24-38(8-7-37(41)26-55-47)56-49(70)46-33(3)61(6)52-58-59-60-67(52)53(46,4)5)28-32(2)65(31)30-35-14-19-62(20-15-35)29-34-16-21-63(22-17-34)39-9-10-40-42(25-39)51(72)66(50(40)71)43-11-12-45(68)57-48(43)69/h7-10,13,18,23-25,31-32,34-35,43H,11-12,14-17,19-22,26-30H2,1-6H3,(H,56,70)(H,57,68,69)/t31-,32+,43?. The van der Waals surface area contributed by atoms with Gasteiger partial charge in [-0.25, -0.2) is 9.67 Å². The molecule has 2 N–H and O–H groups in total. The average molecular weight is 977 g/mol. The van der Waals surface area contributed by atoms with E-state index in [2.05, 4.69) is 71.7 Å². The number of piperidine rings is 3. The Labute approximate surface area is 419 Å². The number of anilines is 4. The van der Waals surface area contributed by atoms with Gasteiger partial charge in [-0.2, -0.15) is 0 Å². The fraction of sp³-hybridized carbons (Fsp3) is 0.509. The van der Waals surface area contributed by atoms with Gasteiger partial charge in [0.25, 0.3) is 17.7 Å². The van der Waals surface area contributed by atoms with Crippen molar-refractivity contribution in [2.24, 2.45) is 16.8 Å². The summed E-state index contributed by atoms with van der Waals surface area (Å²) in [5, 5.41) is 17.7. The first-order valence-electron chi connectivity index (χ1n) is 25.7. The van der Waals surface area contributed by atoms with Gasteiger partial charge >= 0.3 is 0 Å². The lowest BCUT2D eigenvalue weighted by atomic mass is 9.89. The van der Waals surface area contributed by atoms with Gasteiger partial charge in [-0.05, 0) is 150 Å². The van der Waals surface area contributed by atoms with Crippen LogP contribution >= 0.6 is 0 Å². The Morgan fingerprint density at radius 3 is 2.29 bits per heavy atom. The van der Waals surface area contributed by atoms with Crippen LogP contribution < -0.4 is 25.3 Å². The summed E-state index contributed by atoms with van der Waals surface area (Å²) in [6.07, 6.45) is 6.66. The Morgan fingerprint density at radius 2 is 1.54 bits per heavy atom. The Morgan fingerprint density at radius 1 is 0.819 bits per heavy atom. The van der Waals surface area contributed by atoms with Gasteiger partial charge in [0.15, 0.2) is 0 Å².